The Kier molecular flexibility index (Phi) is 6.31. The number of hydrogen-bond donors (Lipinski definition) is 1. The molecule has 0 saturated carbocycles. The van der Waals surface area contributed by atoms with Crippen LogP contribution in [-0.2, 0) is 4.79 Å². The number of likely N-dealkylation sites (tertiary alicyclic amines) is 1. The molecule has 1 amide bonds. The summed E-state index contributed by atoms with van der Waals surface area (Å²) in [6.07, 6.45) is 4.00. The van der Waals surface area contributed by atoms with Gasteiger partial charge in [0.05, 0.1) is 0 Å². The van der Waals surface area contributed by atoms with Gasteiger partial charge in [-0.05, 0) is 37.1 Å². The lowest BCUT2D eigenvalue weighted by atomic mass is 9.85. The highest BCUT2D eigenvalue weighted by Gasteiger charge is 2.29. The standard InChI is InChI=1S/C16H32N2O/c1-6-10-17-14(13(2)3)12-18-11-9-16(4,5)8-7-15(18)19/h13-14,17H,6-12H2,1-5H3. The van der Waals surface area contributed by atoms with E-state index in [1.165, 1.54) is 0 Å². The maximum Gasteiger partial charge on any atom is 0.222 e. The van der Waals surface area contributed by atoms with Crippen molar-refractivity contribution in [1.29, 1.82) is 0 Å². The van der Waals surface area contributed by atoms with Crippen molar-refractivity contribution in [2.24, 2.45) is 11.3 Å². The minimum absolute atomic E-state index is 0.314. The summed E-state index contributed by atoms with van der Waals surface area (Å²) in [4.78, 5) is 14.3. The van der Waals surface area contributed by atoms with Crippen molar-refractivity contribution in [3.05, 3.63) is 0 Å². The Morgan fingerprint density at radius 3 is 2.58 bits per heavy atom. The van der Waals surface area contributed by atoms with Crippen LogP contribution in [0.2, 0.25) is 0 Å². The first-order valence-corrected chi connectivity index (χ1v) is 7.87. The van der Waals surface area contributed by atoms with Gasteiger partial charge in [0.1, 0.15) is 0 Å². The first-order chi connectivity index (χ1) is 8.85. The van der Waals surface area contributed by atoms with Gasteiger partial charge in [-0.25, -0.2) is 0 Å². The maximum absolute atomic E-state index is 12.2. The molecule has 1 N–H and O–H groups in total. The second-order valence-electron chi connectivity index (χ2n) is 7.06. The average molecular weight is 268 g/mol. The van der Waals surface area contributed by atoms with E-state index in [-0.39, 0.29) is 0 Å². The smallest absolute Gasteiger partial charge is 0.222 e. The third kappa shape index (κ3) is 5.52. The van der Waals surface area contributed by atoms with E-state index in [2.05, 4.69) is 44.8 Å². The molecule has 1 aliphatic heterocycles. The van der Waals surface area contributed by atoms with Gasteiger partial charge in [-0.1, -0.05) is 34.6 Å². The zero-order valence-electron chi connectivity index (χ0n) is 13.5. The van der Waals surface area contributed by atoms with Crippen LogP contribution in [0.15, 0.2) is 0 Å². The van der Waals surface area contributed by atoms with Crippen molar-refractivity contribution < 1.29 is 4.79 Å². The molecule has 0 bridgehead atoms. The van der Waals surface area contributed by atoms with Gasteiger partial charge in [-0.15, -0.1) is 0 Å². The topological polar surface area (TPSA) is 32.3 Å². The third-order valence-corrected chi connectivity index (χ3v) is 4.31. The molecule has 0 aromatic carbocycles. The summed E-state index contributed by atoms with van der Waals surface area (Å²) < 4.78 is 0. The number of nitrogens with zero attached hydrogens (tertiary/aromatic N) is 1. The predicted octanol–water partition coefficient (Wildman–Crippen LogP) is 3.05. The highest BCUT2D eigenvalue weighted by atomic mass is 16.2. The van der Waals surface area contributed by atoms with E-state index in [0.29, 0.717) is 29.7 Å². The lowest BCUT2D eigenvalue weighted by Crippen LogP contribution is -2.46. The Balaban J connectivity index is 2.59. The molecule has 3 heteroatoms. The molecule has 1 unspecified atom stereocenters. The summed E-state index contributed by atoms with van der Waals surface area (Å²) in [6, 6.07) is 0.421. The number of rotatable bonds is 6. The Bertz CT molecular complexity index is 286. The number of hydrogen-bond acceptors (Lipinski definition) is 2. The average Bonchev–Trinajstić information content (AvgIpc) is 2.46. The molecule has 112 valence electrons. The lowest BCUT2D eigenvalue weighted by molar-refractivity contribution is -0.131. The second-order valence-corrected chi connectivity index (χ2v) is 7.06. The van der Waals surface area contributed by atoms with Crippen LogP contribution in [0.5, 0.6) is 0 Å². The molecule has 1 saturated heterocycles. The van der Waals surface area contributed by atoms with Crippen LogP contribution in [-0.4, -0.2) is 36.5 Å². The second kappa shape index (κ2) is 7.28. The quantitative estimate of drug-likeness (QED) is 0.803. The van der Waals surface area contributed by atoms with Crippen LogP contribution in [0.1, 0.15) is 60.3 Å². The summed E-state index contributed by atoms with van der Waals surface area (Å²) in [5.41, 5.74) is 0.314. The highest BCUT2D eigenvalue weighted by molar-refractivity contribution is 5.76. The van der Waals surface area contributed by atoms with Gasteiger partial charge >= 0.3 is 0 Å². The molecule has 0 aromatic heterocycles. The van der Waals surface area contributed by atoms with E-state index in [1.807, 2.05) is 0 Å². The molecule has 19 heavy (non-hydrogen) atoms. The fourth-order valence-corrected chi connectivity index (χ4v) is 2.56. The molecular formula is C16H32N2O. The van der Waals surface area contributed by atoms with Crippen molar-refractivity contribution in [1.82, 2.24) is 10.2 Å². The number of carbonyl (C=O) groups excluding carboxylic acids is 1. The van der Waals surface area contributed by atoms with E-state index in [9.17, 15) is 4.79 Å². The van der Waals surface area contributed by atoms with Crippen LogP contribution >= 0.6 is 0 Å². The third-order valence-electron chi connectivity index (χ3n) is 4.31. The Morgan fingerprint density at radius 1 is 1.32 bits per heavy atom. The zero-order chi connectivity index (χ0) is 14.5. The summed E-state index contributed by atoms with van der Waals surface area (Å²) in [5.74, 6) is 0.908. The lowest BCUT2D eigenvalue weighted by Gasteiger charge is -2.30. The first-order valence-electron chi connectivity index (χ1n) is 7.87. The summed E-state index contributed by atoms with van der Waals surface area (Å²) >= 11 is 0. The van der Waals surface area contributed by atoms with Gasteiger partial charge < -0.3 is 10.2 Å². The summed E-state index contributed by atoms with van der Waals surface area (Å²) in [7, 11) is 0. The summed E-state index contributed by atoms with van der Waals surface area (Å²) in [5, 5.41) is 3.58. The number of carbonyl (C=O) groups is 1. The zero-order valence-corrected chi connectivity index (χ0v) is 13.5. The normalized spacial score (nSPS) is 21.6. The minimum atomic E-state index is 0.314. The van der Waals surface area contributed by atoms with Crippen LogP contribution in [0.3, 0.4) is 0 Å². The summed E-state index contributed by atoms with van der Waals surface area (Å²) in [6.45, 7) is 14.0. The van der Waals surface area contributed by atoms with E-state index in [1.54, 1.807) is 0 Å². The van der Waals surface area contributed by atoms with Crippen molar-refractivity contribution in [2.75, 3.05) is 19.6 Å². The SMILES string of the molecule is CCCNC(CN1CCC(C)(C)CCC1=O)C(C)C. The van der Waals surface area contributed by atoms with Crippen LogP contribution in [0, 0.1) is 11.3 Å². The molecule has 3 nitrogen and oxygen atoms in total. The Hall–Kier alpha value is -0.570. The molecule has 0 aliphatic carbocycles. The van der Waals surface area contributed by atoms with Crippen molar-refractivity contribution in [3.8, 4) is 0 Å². The van der Waals surface area contributed by atoms with Crippen molar-refractivity contribution in [3.63, 3.8) is 0 Å². The van der Waals surface area contributed by atoms with E-state index in [4.69, 9.17) is 0 Å². The molecule has 0 radical (unpaired) electrons. The largest absolute Gasteiger partial charge is 0.341 e. The van der Waals surface area contributed by atoms with Gasteiger partial charge in [0.15, 0.2) is 0 Å². The molecule has 1 rings (SSSR count). The molecule has 0 aromatic rings. The minimum Gasteiger partial charge on any atom is -0.341 e. The molecule has 1 atom stereocenters. The fraction of sp³-hybridized carbons (Fsp3) is 0.938. The van der Waals surface area contributed by atoms with Crippen LogP contribution < -0.4 is 5.32 Å². The van der Waals surface area contributed by atoms with Crippen molar-refractivity contribution in [2.45, 2.75) is 66.3 Å². The maximum atomic E-state index is 12.2. The van der Waals surface area contributed by atoms with E-state index in [0.717, 1.165) is 38.9 Å². The van der Waals surface area contributed by atoms with E-state index < -0.39 is 0 Å². The van der Waals surface area contributed by atoms with Gasteiger partial charge in [-0.2, -0.15) is 0 Å². The number of amides is 1. The van der Waals surface area contributed by atoms with Gasteiger partial charge in [-0.3, -0.25) is 4.79 Å². The monoisotopic (exact) mass is 268 g/mol. The molecule has 0 spiro atoms. The van der Waals surface area contributed by atoms with Gasteiger partial charge in [0.25, 0.3) is 0 Å². The van der Waals surface area contributed by atoms with Gasteiger partial charge in [0, 0.05) is 25.6 Å². The van der Waals surface area contributed by atoms with Crippen molar-refractivity contribution >= 4 is 5.91 Å². The Morgan fingerprint density at radius 2 is 2.00 bits per heavy atom. The van der Waals surface area contributed by atoms with Crippen LogP contribution in [0.4, 0.5) is 0 Å². The Labute approximate surface area is 119 Å². The first kappa shape index (κ1) is 16.5. The molecule has 1 fully saturated rings. The van der Waals surface area contributed by atoms with E-state index >= 15 is 0 Å². The highest BCUT2D eigenvalue weighted by Crippen LogP contribution is 2.30. The molecule has 1 heterocycles. The molecular weight excluding hydrogens is 236 g/mol. The molecule has 1 aliphatic rings. The van der Waals surface area contributed by atoms with Crippen LogP contribution in [0.25, 0.3) is 0 Å². The number of nitrogens with one attached hydrogen (secondary N) is 1. The fourth-order valence-electron chi connectivity index (χ4n) is 2.56. The predicted molar refractivity (Wildman–Crippen MR) is 81.1 cm³/mol. The van der Waals surface area contributed by atoms with Gasteiger partial charge in [0.2, 0.25) is 5.91 Å².